The highest BCUT2D eigenvalue weighted by Gasteiger charge is 2.02. The first kappa shape index (κ1) is 20.0. The minimum Gasteiger partial charge on any atom is -0.497 e. The van der Waals surface area contributed by atoms with Gasteiger partial charge in [0.15, 0.2) is 5.96 Å². The molecule has 2 aromatic rings. The number of aliphatic imine (C=N–C) groups is 1. The van der Waals surface area contributed by atoms with E-state index < -0.39 is 0 Å². The van der Waals surface area contributed by atoms with Crippen LogP contribution in [0.5, 0.6) is 11.5 Å². The van der Waals surface area contributed by atoms with E-state index in [1.165, 1.54) is 4.88 Å². The third kappa shape index (κ3) is 6.92. The average Bonchev–Trinajstić information content (AvgIpc) is 3.14. The van der Waals surface area contributed by atoms with Gasteiger partial charge in [-0.1, -0.05) is 6.92 Å². The number of guanidine groups is 1. The topological polar surface area (TPSA) is 67.8 Å². The lowest BCUT2D eigenvalue weighted by atomic mass is 10.3. The zero-order chi connectivity index (χ0) is 18.6. The van der Waals surface area contributed by atoms with Crippen LogP contribution < -0.4 is 20.1 Å². The van der Waals surface area contributed by atoms with Gasteiger partial charge in [0.2, 0.25) is 0 Å². The van der Waals surface area contributed by atoms with Gasteiger partial charge in [-0.25, -0.2) is 9.98 Å². The molecule has 1 aromatic heterocycles. The fourth-order valence-corrected chi connectivity index (χ4v) is 3.00. The number of rotatable bonds is 10. The Labute approximate surface area is 159 Å². The molecule has 142 valence electrons. The molecular formula is C19H28N4O2S. The largest absolute Gasteiger partial charge is 0.497 e. The molecule has 1 aromatic carbocycles. The summed E-state index contributed by atoms with van der Waals surface area (Å²) in [6.07, 6.45) is 3.84. The first-order valence-corrected chi connectivity index (χ1v) is 9.79. The summed E-state index contributed by atoms with van der Waals surface area (Å²) in [4.78, 5) is 10.3. The van der Waals surface area contributed by atoms with Gasteiger partial charge < -0.3 is 20.1 Å². The van der Waals surface area contributed by atoms with E-state index in [1.807, 2.05) is 30.5 Å². The molecule has 0 aliphatic rings. The molecule has 0 bridgehead atoms. The molecule has 2 N–H and O–H groups in total. The summed E-state index contributed by atoms with van der Waals surface area (Å²) >= 11 is 1.72. The molecule has 26 heavy (non-hydrogen) atoms. The van der Waals surface area contributed by atoms with E-state index in [9.17, 15) is 0 Å². The zero-order valence-electron chi connectivity index (χ0n) is 15.7. The van der Waals surface area contributed by atoms with Gasteiger partial charge in [-0.05, 0) is 44.0 Å². The molecule has 0 saturated heterocycles. The summed E-state index contributed by atoms with van der Waals surface area (Å²) in [5, 5.41) is 7.63. The molecule has 6 nitrogen and oxygen atoms in total. The van der Waals surface area contributed by atoms with Crippen molar-refractivity contribution < 1.29 is 9.47 Å². The predicted molar refractivity (Wildman–Crippen MR) is 107 cm³/mol. The molecule has 0 fully saturated rings. The van der Waals surface area contributed by atoms with Gasteiger partial charge in [-0.15, -0.1) is 11.3 Å². The highest BCUT2D eigenvalue weighted by atomic mass is 32.1. The smallest absolute Gasteiger partial charge is 0.191 e. The van der Waals surface area contributed by atoms with Crippen LogP contribution >= 0.6 is 11.3 Å². The van der Waals surface area contributed by atoms with E-state index in [4.69, 9.17) is 9.47 Å². The number of nitrogens with one attached hydrogen (secondary N) is 2. The predicted octanol–water partition coefficient (Wildman–Crippen LogP) is 3.24. The number of aryl methyl sites for hydroxylation is 1. The lowest BCUT2D eigenvalue weighted by Crippen LogP contribution is -2.38. The summed E-state index contributed by atoms with van der Waals surface area (Å²) in [6, 6.07) is 7.62. The number of methoxy groups -OCH3 is 1. The molecule has 0 aliphatic carbocycles. The lowest BCUT2D eigenvalue weighted by molar-refractivity contribution is 0.310. The van der Waals surface area contributed by atoms with Gasteiger partial charge in [0, 0.05) is 24.2 Å². The maximum Gasteiger partial charge on any atom is 0.191 e. The van der Waals surface area contributed by atoms with E-state index in [0.717, 1.165) is 48.4 Å². The van der Waals surface area contributed by atoms with Crippen molar-refractivity contribution in [2.24, 2.45) is 4.99 Å². The fraction of sp³-hybridized carbons (Fsp3) is 0.474. The van der Waals surface area contributed by atoms with E-state index >= 15 is 0 Å². The van der Waals surface area contributed by atoms with Crippen LogP contribution in [0.3, 0.4) is 0 Å². The van der Waals surface area contributed by atoms with Crippen LogP contribution in [0.4, 0.5) is 0 Å². The fourth-order valence-electron chi connectivity index (χ4n) is 2.21. The second kappa shape index (κ2) is 11.4. The molecule has 0 saturated carbocycles. The van der Waals surface area contributed by atoms with Crippen LogP contribution in [0.2, 0.25) is 0 Å². The average molecular weight is 377 g/mol. The SMILES string of the molecule is CCNC(=NCc1ncc(CC)s1)NCCCOc1ccc(OC)cc1. The first-order chi connectivity index (χ1) is 12.7. The number of thiazole rings is 1. The van der Waals surface area contributed by atoms with Crippen LogP contribution in [0.15, 0.2) is 35.5 Å². The third-order valence-electron chi connectivity index (χ3n) is 3.61. The third-order valence-corrected chi connectivity index (χ3v) is 4.73. The Morgan fingerprint density at radius 2 is 1.92 bits per heavy atom. The molecule has 7 heteroatoms. The van der Waals surface area contributed by atoms with Gasteiger partial charge in [-0.2, -0.15) is 0 Å². The van der Waals surface area contributed by atoms with Crippen molar-refractivity contribution in [3.8, 4) is 11.5 Å². The normalized spacial score (nSPS) is 11.3. The Kier molecular flexibility index (Phi) is 8.75. The second-order valence-electron chi connectivity index (χ2n) is 5.57. The number of ether oxygens (including phenoxy) is 2. The molecule has 0 aliphatic heterocycles. The van der Waals surface area contributed by atoms with Crippen molar-refractivity contribution in [1.82, 2.24) is 15.6 Å². The van der Waals surface area contributed by atoms with Gasteiger partial charge in [-0.3, -0.25) is 0 Å². The van der Waals surface area contributed by atoms with Gasteiger partial charge >= 0.3 is 0 Å². The highest BCUT2D eigenvalue weighted by molar-refractivity contribution is 7.11. The van der Waals surface area contributed by atoms with Crippen molar-refractivity contribution in [3.05, 3.63) is 40.3 Å². The Balaban J connectivity index is 1.70. The Morgan fingerprint density at radius 3 is 2.58 bits per heavy atom. The standard InChI is InChI=1S/C19H28N4O2S/c1-4-17-13-22-18(26-17)14-23-19(20-5-2)21-11-6-12-25-16-9-7-15(24-3)8-10-16/h7-10,13H,4-6,11-12,14H2,1-3H3,(H2,20,21,23). The van der Waals surface area contributed by atoms with E-state index in [0.29, 0.717) is 13.2 Å². The molecule has 0 radical (unpaired) electrons. The molecule has 0 atom stereocenters. The van der Waals surface area contributed by atoms with Gasteiger partial charge in [0.05, 0.1) is 20.3 Å². The number of hydrogen-bond donors (Lipinski definition) is 2. The minimum atomic E-state index is 0.600. The van der Waals surface area contributed by atoms with Crippen molar-refractivity contribution in [3.63, 3.8) is 0 Å². The summed E-state index contributed by atoms with van der Waals surface area (Å²) in [6.45, 7) is 7.06. The maximum absolute atomic E-state index is 5.73. The molecule has 0 amide bonds. The maximum atomic E-state index is 5.73. The van der Waals surface area contributed by atoms with Crippen molar-refractivity contribution >= 4 is 17.3 Å². The van der Waals surface area contributed by atoms with Gasteiger partial charge in [0.25, 0.3) is 0 Å². The van der Waals surface area contributed by atoms with E-state index in [-0.39, 0.29) is 0 Å². The summed E-state index contributed by atoms with van der Waals surface area (Å²) in [5.74, 6) is 2.49. The number of aromatic nitrogens is 1. The second-order valence-corrected chi connectivity index (χ2v) is 6.77. The number of hydrogen-bond acceptors (Lipinski definition) is 5. The molecule has 0 unspecified atom stereocenters. The van der Waals surface area contributed by atoms with Gasteiger partial charge in [0.1, 0.15) is 16.5 Å². The molecule has 1 heterocycles. The Bertz CT molecular complexity index is 670. The van der Waals surface area contributed by atoms with Crippen molar-refractivity contribution in [1.29, 1.82) is 0 Å². The summed E-state index contributed by atoms with van der Waals surface area (Å²) in [5.41, 5.74) is 0. The number of nitrogens with zero attached hydrogens (tertiary/aromatic N) is 2. The Hall–Kier alpha value is -2.28. The minimum absolute atomic E-state index is 0.600. The van der Waals surface area contributed by atoms with Crippen molar-refractivity contribution in [2.45, 2.75) is 33.2 Å². The summed E-state index contributed by atoms with van der Waals surface area (Å²) in [7, 11) is 1.66. The van der Waals surface area contributed by atoms with E-state index in [1.54, 1.807) is 18.4 Å². The molecule has 2 rings (SSSR count). The Morgan fingerprint density at radius 1 is 1.15 bits per heavy atom. The van der Waals surface area contributed by atoms with Crippen LogP contribution in [0, 0.1) is 0 Å². The van der Waals surface area contributed by atoms with Crippen LogP contribution in [-0.4, -0.2) is 37.7 Å². The molecular weight excluding hydrogens is 348 g/mol. The van der Waals surface area contributed by atoms with E-state index in [2.05, 4.69) is 34.5 Å². The van der Waals surface area contributed by atoms with Crippen molar-refractivity contribution in [2.75, 3.05) is 26.8 Å². The monoisotopic (exact) mass is 376 g/mol. The summed E-state index contributed by atoms with van der Waals surface area (Å²) < 4.78 is 10.9. The van der Waals surface area contributed by atoms with Crippen LogP contribution in [0.1, 0.15) is 30.2 Å². The first-order valence-electron chi connectivity index (χ1n) is 8.97. The lowest BCUT2D eigenvalue weighted by Gasteiger charge is -2.11. The highest BCUT2D eigenvalue weighted by Crippen LogP contribution is 2.17. The van der Waals surface area contributed by atoms with Crippen LogP contribution in [0.25, 0.3) is 0 Å². The molecule has 0 spiro atoms. The quantitative estimate of drug-likeness (QED) is 0.378. The zero-order valence-corrected chi connectivity index (χ0v) is 16.6. The number of benzene rings is 1. The van der Waals surface area contributed by atoms with Crippen LogP contribution in [-0.2, 0) is 13.0 Å².